The van der Waals surface area contributed by atoms with Crippen molar-refractivity contribution >= 4 is 23.4 Å². The minimum absolute atomic E-state index is 0.101. The van der Waals surface area contributed by atoms with Crippen LogP contribution in [-0.4, -0.2) is 38.4 Å². The van der Waals surface area contributed by atoms with Gasteiger partial charge in [0, 0.05) is 24.5 Å². The Balaban J connectivity index is 1.43. The molecule has 25 heavy (non-hydrogen) atoms. The lowest BCUT2D eigenvalue weighted by Gasteiger charge is -2.21. The largest absolute Gasteiger partial charge is 0.495 e. The number of carbonyl (C=O) groups excluding carboxylic acids is 1. The summed E-state index contributed by atoms with van der Waals surface area (Å²) in [6.07, 6.45) is 1.09. The number of ether oxygens (including phenoxy) is 1. The molecule has 1 saturated heterocycles. The van der Waals surface area contributed by atoms with Crippen molar-refractivity contribution < 1.29 is 9.53 Å². The van der Waals surface area contributed by atoms with E-state index >= 15 is 0 Å². The van der Waals surface area contributed by atoms with E-state index in [1.807, 2.05) is 48.5 Å². The lowest BCUT2D eigenvalue weighted by atomic mass is 10.1. The van der Waals surface area contributed by atoms with Crippen LogP contribution >= 0.6 is 11.8 Å². The molecule has 0 bridgehead atoms. The number of rotatable bonds is 7. The Morgan fingerprint density at radius 3 is 2.76 bits per heavy atom. The highest BCUT2D eigenvalue weighted by molar-refractivity contribution is 8.00. The van der Waals surface area contributed by atoms with Crippen molar-refractivity contribution in [2.75, 3.05) is 37.4 Å². The average molecular weight is 356 g/mol. The second kappa shape index (κ2) is 8.81. The van der Waals surface area contributed by atoms with Gasteiger partial charge in [0.25, 0.3) is 0 Å². The molecule has 0 aromatic heterocycles. The van der Waals surface area contributed by atoms with Crippen LogP contribution in [0.25, 0.3) is 0 Å². The molecule has 132 valence electrons. The monoisotopic (exact) mass is 356 g/mol. The van der Waals surface area contributed by atoms with Gasteiger partial charge in [-0.15, -0.1) is 11.8 Å². The van der Waals surface area contributed by atoms with E-state index in [0.717, 1.165) is 42.4 Å². The first kappa shape index (κ1) is 17.7. The molecule has 0 spiro atoms. The summed E-state index contributed by atoms with van der Waals surface area (Å²) in [5.74, 6) is 1.96. The molecular weight excluding hydrogens is 332 g/mol. The summed E-state index contributed by atoms with van der Waals surface area (Å²) in [6, 6.07) is 18.1. The number of para-hydroxylation sites is 2. The van der Waals surface area contributed by atoms with Crippen LogP contribution in [-0.2, 0) is 4.79 Å². The average Bonchev–Trinajstić information content (AvgIpc) is 3.14. The van der Waals surface area contributed by atoms with Crippen LogP contribution in [0.15, 0.2) is 59.5 Å². The van der Waals surface area contributed by atoms with Gasteiger partial charge in [-0.1, -0.05) is 30.3 Å². The molecule has 3 rings (SSSR count). The minimum atomic E-state index is 0.101. The molecule has 0 saturated carbocycles. The molecule has 4 nitrogen and oxygen atoms in total. The third-order valence-corrected chi connectivity index (χ3v) is 5.42. The molecule has 1 atom stereocenters. The van der Waals surface area contributed by atoms with Gasteiger partial charge in [0.15, 0.2) is 0 Å². The van der Waals surface area contributed by atoms with Crippen molar-refractivity contribution in [3.63, 3.8) is 0 Å². The summed E-state index contributed by atoms with van der Waals surface area (Å²) < 4.78 is 5.45. The van der Waals surface area contributed by atoms with Gasteiger partial charge in [0.1, 0.15) is 5.75 Å². The van der Waals surface area contributed by atoms with Crippen molar-refractivity contribution in [1.82, 2.24) is 5.32 Å². The van der Waals surface area contributed by atoms with Crippen LogP contribution in [0.1, 0.15) is 6.42 Å². The number of amides is 1. The Hall–Kier alpha value is -2.14. The second-order valence-electron chi connectivity index (χ2n) is 6.18. The number of nitrogens with one attached hydrogen (secondary N) is 1. The minimum Gasteiger partial charge on any atom is -0.495 e. The predicted octanol–water partition coefficient (Wildman–Crippen LogP) is 3.43. The fraction of sp³-hybridized carbons (Fsp3) is 0.350. The van der Waals surface area contributed by atoms with Crippen molar-refractivity contribution in [2.45, 2.75) is 11.3 Å². The fourth-order valence-corrected chi connectivity index (χ4v) is 3.83. The lowest BCUT2D eigenvalue weighted by Crippen LogP contribution is -2.32. The maximum absolute atomic E-state index is 12.1. The molecule has 0 aliphatic carbocycles. The quantitative estimate of drug-likeness (QED) is 0.772. The number of hydrogen-bond acceptors (Lipinski definition) is 4. The van der Waals surface area contributed by atoms with Gasteiger partial charge < -0.3 is 15.0 Å². The van der Waals surface area contributed by atoms with Crippen molar-refractivity contribution in [3.05, 3.63) is 54.6 Å². The topological polar surface area (TPSA) is 41.6 Å². The van der Waals surface area contributed by atoms with Crippen molar-refractivity contribution in [1.29, 1.82) is 0 Å². The standard InChI is InChI=1S/C20H24N2O2S/c1-24-19-10-6-5-9-18(19)22-12-11-16(14-22)13-21-20(23)15-25-17-7-3-2-4-8-17/h2-10,16H,11-15H2,1H3,(H,21,23)/t16-/m1/s1. The van der Waals surface area contributed by atoms with Crippen LogP contribution < -0.4 is 15.0 Å². The van der Waals surface area contributed by atoms with E-state index in [4.69, 9.17) is 4.74 Å². The maximum atomic E-state index is 12.1. The molecule has 0 radical (unpaired) electrons. The molecule has 1 heterocycles. The molecule has 5 heteroatoms. The number of anilines is 1. The maximum Gasteiger partial charge on any atom is 0.230 e. The first-order valence-electron chi connectivity index (χ1n) is 8.59. The number of nitrogens with zero attached hydrogens (tertiary/aromatic N) is 1. The van der Waals surface area contributed by atoms with Crippen LogP contribution in [0, 0.1) is 5.92 Å². The van der Waals surface area contributed by atoms with Gasteiger partial charge in [-0.3, -0.25) is 4.79 Å². The van der Waals surface area contributed by atoms with Gasteiger partial charge in [0.05, 0.1) is 18.6 Å². The van der Waals surface area contributed by atoms with E-state index in [0.29, 0.717) is 11.7 Å². The van der Waals surface area contributed by atoms with E-state index in [-0.39, 0.29) is 5.91 Å². The summed E-state index contributed by atoms with van der Waals surface area (Å²) >= 11 is 1.57. The molecule has 0 unspecified atom stereocenters. The Kier molecular flexibility index (Phi) is 6.23. The van der Waals surface area contributed by atoms with Gasteiger partial charge in [0.2, 0.25) is 5.91 Å². The van der Waals surface area contributed by atoms with Gasteiger partial charge in [-0.2, -0.15) is 0 Å². The van der Waals surface area contributed by atoms with Gasteiger partial charge in [-0.25, -0.2) is 0 Å². The molecule has 2 aromatic rings. The molecular formula is C20H24N2O2S. The zero-order chi connectivity index (χ0) is 17.5. The van der Waals surface area contributed by atoms with Crippen LogP contribution in [0.4, 0.5) is 5.69 Å². The summed E-state index contributed by atoms with van der Waals surface area (Å²) in [5, 5.41) is 3.08. The van der Waals surface area contributed by atoms with Crippen LogP contribution in [0.3, 0.4) is 0 Å². The summed E-state index contributed by atoms with van der Waals surface area (Å²) in [6.45, 7) is 2.69. The fourth-order valence-electron chi connectivity index (χ4n) is 3.08. The number of benzene rings is 2. The highest BCUT2D eigenvalue weighted by Gasteiger charge is 2.24. The van der Waals surface area contributed by atoms with Crippen LogP contribution in [0.2, 0.25) is 0 Å². The summed E-state index contributed by atoms with van der Waals surface area (Å²) in [4.78, 5) is 15.5. The first-order chi connectivity index (χ1) is 12.3. The number of carbonyl (C=O) groups is 1. The second-order valence-corrected chi connectivity index (χ2v) is 7.23. The van der Waals surface area contributed by atoms with Crippen molar-refractivity contribution in [2.24, 2.45) is 5.92 Å². The molecule has 1 aliphatic heterocycles. The lowest BCUT2D eigenvalue weighted by molar-refractivity contribution is -0.118. The summed E-state index contributed by atoms with van der Waals surface area (Å²) in [7, 11) is 1.71. The first-order valence-corrected chi connectivity index (χ1v) is 9.57. The molecule has 1 aliphatic rings. The Labute approximate surface area is 153 Å². The molecule has 2 aromatic carbocycles. The molecule has 1 N–H and O–H groups in total. The predicted molar refractivity (Wildman–Crippen MR) is 103 cm³/mol. The normalized spacial score (nSPS) is 16.7. The number of hydrogen-bond donors (Lipinski definition) is 1. The van der Waals surface area contributed by atoms with E-state index in [1.54, 1.807) is 18.9 Å². The van der Waals surface area contributed by atoms with E-state index in [9.17, 15) is 4.79 Å². The SMILES string of the molecule is COc1ccccc1N1CC[C@H](CNC(=O)CSc2ccccc2)C1. The van der Waals surface area contributed by atoms with E-state index in [2.05, 4.69) is 16.3 Å². The third kappa shape index (κ3) is 4.92. The Morgan fingerprint density at radius 2 is 1.96 bits per heavy atom. The zero-order valence-corrected chi connectivity index (χ0v) is 15.3. The third-order valence-electron chi connectivity index (χ3n) is 4.41. The molecule has 1 fully saturated rings. The number of methoxy groups -OCH3 is 1. The zero-order valence-electron chi connectivity index (χ0n) is 14.5. The smallest absolute Gasteiger partial charge is 0.230 e. The van der Waals surface area contributed by atoms with Gasteiger partial charge in [-0.05, 0) is 36.6 Å². The highest BCUT2D eigenvalue weighted by atomic mass is 32.2. The van der Waals surface area contributed by atoms with Gasteiger partial charge >= 0.3 is 0 Å². The Bertz CT molecular complexity index is 693. The highest BCUT2D eigenvalue weighted by Crippen LogP contribution is 2.31. The van der Waals surface area contributed by atoms with E-state index in [1.165, 1.54) is 0 Å². The summed E-state index contributed by atoms with van der Waals surface area (Å²) in [5.41, 5.74) is 1.14. The number of thioether (sulfide) groups is 1. The van der Waals surface area contributed by atoms with Crippen LogP contribution in [0.5, 0.6) is 5.75 Å². The Morgan fingerprint density at radius 1 is 1.20 bits per heavy atom. The van der Waals surface area contributed by atoms with Crippen molar-refractivity contribution in [3.8, 4) is 5.75 Å². The molecule has 1 amide bonds. The van der Waals surface area contributed by atoms with E-state index < -0.39 is 0 Å².